The number of anilines is 2. The lowest BCUT2D eigenvalue weighted by Crippen LogP contribution is -2.33. The Morgan fingerprint density at radius 1 is 1.00 bits per heavy atom. The molecule has 1 N–H and O–H groups in total. The third-order valence-corrected chi connectivity index (χ3v) is 2.86. The lowest BCUT2D eigenvalue weighted by molar-refractivity contribution is 0.291. The fraction of sp³-hybridized carbons (Fsp3) is 0.786. The molecule has 1 heterocycles. The Morgan fingerprint density at radius 2 is 1.76 bits per heavy atom. The Balaban J connectivity index is 2.93. The zero-order valence-corrected chi connectivity index (χ0v) is 13.9. The molecule has 0 fully saturated rings. The molecule has 0 aromatic carbocycles. The van der Waals surface area contributed by atoms with E-state index < -0.39 is 0 Å². The van der Waals surface area contributed by atoms with Crippen LogP contribution in [0.5, 0.6) is 6.01 Å². The van der Waals surface area contributed by atoms with Crippen LogP contribution in [0.25, 0.3) is 0 Å². The van der Waals surface area contributed by atoms with Gasteiger partial charge in [-0.15, -0.1) is 0 Å². The highest BCUT2D eigenvalue weighted by Crippen LogP contribution is 2.15. The molecule has 0 spiro atoms. The van der Waals surface area contributed by atoms with Crippen LogP contribution in [0.15, 0.2) is 0 Å². The van der Waals surface area contributed by atoms with Crippen molar-refractivity contribution in [1.29, 1.82) is 0 Å². The molecule has 7 heteroatoms. The molecule has 21 heavy (non-hydrogen) atoms. The largest absolute Gasteiger partial charge is 0.463 e. The standard InChI is InChI=1S/C14H28N6O/c1-6-8-20(10-9-19(4)5)13-16-12(15-3)17-14(18-13)21-11-7-2/h6-11H2,1-5H3,(H,15,16,17,18). The minimum absolute atomic E-state index is 0.386. The zero-order chi connectivity index (χ0) is 15.7. The molecule has 0 unspecified atom stereocenters. The van der Waals surface area contributed by atoms with Gasteiger partial charge in [-0.2, -0.15) is 15.0 Å². The summed E-state index contributed by atoms with van der Waals surface area (Å²) >= 11 is 0. The highest BCUT2D eigenvalue weighted by Gasteiger charge is 2.13. The molecule has 0 aliphatic heterocycles. The summed E-state index contributed by atoms with van der Waals surface area (Å²) in [6, 6.07) is 0.386. The molecule has 0 atom stereocenters. The number of hydrogen-bond acceptors (Lipinski definition) is 7. The molecule has 0 saturated heterocycles. The molecule has 0 aliphatic carbocycles. The number of hydrogen-bond donors (Lipinski definition) is 1. The summed E-state index contributed by atoms with van der Waals surface area (Å²) in [6.07, 6.45) is 1.97. The minimum Gasteiger partial charge on any atom is -0.463 e. The third-order valence-electron chi connectivity index (χ3n) is 2.86. The SMILES string of the molecule is CCCOc1nc(NC)nc(N(CCC)CCN(C)C)n1. The highest BCUT2D eigenvalue weighted by molar-refractivity contribution is 5.38. The predicted octanol–water partition coefficient (Wildman–Crippen LogP) is 1.48. The number of ether oxygens (including phenoxy) is 1. The van der Waals surface area contributed by atoms with Gasteiger partial charge in [0.15, 0.2) is 0 Å². The van der Waals surface area contributed by atoms with Crippen molar-refractivity contribution in [3.63, 3.8) is 0 Å². The maximum atomic E-state index is 5.55. The van der Waals surface area contributed by atoms with Crippen LogP contribution >= 0.6 is 0 Å². The van der Waals surface area contributed by atoms with E-state index in [9.17, 15) is 0 Å². The van der Waals surface area contributed by atoms with Crippen LogP contribution in [-0.2, 0) is 0 Å². The highest BCUT2D eigenvalue weighted by atomic mass is 16.5. The predicted molar refractivity (Wildman–Crippen MR) is 86.2 cm³/mol. The lowest BCUT2D eigenvalue weighted by atomic mass is 10.4. The van der Waals surface area contributed by atoms with E-state index >= 15 is 0 Å². The van der Waals surface area contributed by atoms with Crippen LogP contribution in [0.4, 0.5) is 11.9 Å². The van der Waals surface area contributed by atoms with Crippen LogP contribution in [0.1, 0.15) is 26.7 Å². The minimum atomic E-state index is 0.386. The maximum absolute atomic E-state index is 5.55. The molecule has 7 nitrogen and oxygen atoms in total. The van der Waals surface area contributed by atoms with Crippen molar-refractivity contribution >= 4 is 11.9 Å². The summed E-state index contributed by atoms with van der Waals surface area (Å²) in [5, 5.41) is 2.97. The second-order valence-corrected chi connectivity index (χ2v) is 5.13. The van der Waals surface area contributed by atoms with Crippen molar-refractivity contribution < 1.29 is 4.74 Å². The molecule has 120 valence electrons. The third kappa shape index (κ3) is 6.12. The number of aromatic nitrogens is 3. The Labute approximate surface area is 127 Å². The zero-order valence-electron chi connectivity index (χ0n) is 13.9. The van der Waals surface area contributed by atoms with E-state index in [0.717, 1.165) is 32.5 Å². The molecule has 0 saturated carbocycles. The average molecular weight is 296 g/mol. The summed E-state index contributed by atoms with van der Waals surface area (Å²) in [5.41, 5.74) is 0. The first-order valence-electron chi connectivity index (χ1n) is 7.57. The van der Waals surface area contributed by atoms with Gasteiger partial charge in [0.25, 0.3) is 0 Å². The van der Waals surface area contributed by atoms with Crippen molar-refractivity contribution in [2.75, 3.05) is 57.6 Å². The number of nitrogens with zero attached hydrogens (tertiary/aromatic N) is 5. The molecule has 0 bridgehead atoms. The van der Waals surface area contributed by atoms with Gasteiger partial charge < -0.3 is 19.9 Å². The van der Waals surface area contributed by atoms with E-state index in [0.29, 0.717) is 24.5 Å². The molecule has 0 aliphatic rings. The summed E-state index contributed by atoms with van der Waals surface area (Å²) in [6.45, 7) is 7.55. The number of nitrogens with one attached hydrogen (secondary N) is 1. The van der Waals surface area contributed by atoms with Gasteiger partial charge >= 0.3 is 6.01 Å². The first-order valence-corrected chi connectivity index (χ1v) is 7.57. The van der Waals surface area contributed by atoms with Crippen molar-refractivity contribution in [2.45, 2.75) is 26.7 Å². The van der Waals surface area contributed by atoms with E-state index in [1.165, 1.54) is 0 Å². The van der Waals surface area contributed by atoms with Crippen molar-refractivity contribution in [2.24, 2.45) is 0 Å². The van der Waals surface area contributed by atoms with E-state index in [-0.39, 0.29) is 0 Å². The summed E-state index contributed by atoms with van der Waals surface area (Å²) in [7, 11) is 5.92. The van der Waals surface area contributed by atoms with Crippen LogP contribution < -0.4 is 15.0 Å². The van der Waals surface area contributed by atoms with Gasteiger partial charge in [-0.05, 0) is 26.9 Å². The van der Waals surface area contributed by atoms with Crippen LogP contribution in [0.3, 0.4) is 0 Å². The lowest BCUT2D eigenvalue weighted by Gasteiger charge is -2.24. The Bertz CT molecular complexity index is 412. The van der Waals surface area contributed by atoms with Crippen LogP contribution in [0.2, 0.25) is 0 Å². The Kier molecular flexibility index (Phi) is 7.74. The summed E-state index contributed by atoms with van der Waals surface area (Å²) in [4.78, 5) is 17.4. The van der Waals surface area contributed by atoms with Crippen molar-refractivity contribution in [3.05, 3.63) is 0 Å². The molecular weight excluding hydrogens is 268 g/mol. The molecule has 1 rings (SSSR count). The van der Waals surface area contributed by atoms with Gasteiger partial charge in [-0.25, -0.2) is 0 Å². The summed E-state index contributed by atoms with van der Waals surface area (Å²) in [5.74, 6) is 1.21. The fourth-order valence-electron chi connectivity index (χ4n) is 1.76. The van der Waals surface area contributed by atoms with Crippen molar-refractivity contribution in [1.82, 2.24) is 19.9 Å². The van der Waals surface area contributed by atoms with Gasteiger partial charge in [0, 0.05) is 26.7 Å². The molecule has 1 aromatic heterocycles. The van der Waals surface area contributed by atoms with Crippen LogP contribution in [0, 0.1) is 0 Å². The molecule has 0 amide bonds. The maximum Gasteiger partial charge on any atom is 0.323 e. The van der Waals surface area contributed by atoms with Gasteiger partial charge in [0.05, 0.1) is 6.61 Å². The van der Waals surface area contributed by atoms with E-state index in [2.05, 4.69) is 58.0 Å². The van der Waals surface area contributed by atoms with Gasteiger partial charge in [0.2, 0.25) is 11.9 Å². The fourth-order valence-corrected chi connectivity index (χ4v) is 1.76. The smallest absolute Gasteiger partial charge is 0.323 e. The van der Waals surface area contributed by atoms with Gasteiger partial charge in [-0.3, -0.25) is 0 Å². The molecule has 0 radical (unpaired) electrons. The Hall–Kier alpha value is -1.63. The topological polar surface area (TPSA) is 66.4 Å². The van der Waals surface area contributed by atoms with Crippen molar-refractivity contribution in [3.8, 4) is 6.01 Å². The second-order valence-electron chi connectivity index (χ2n) is 5.13. The molecule has 1 aromatic rings. The first kappa shape index (κ1) is 17.4. The number of rotatable bonds is 10. The Morgan fingerprint density at radius 3 is 2.33 bits per heavy atom. The monoisotopic (exact) mass is 296 g/mol. The van der Waals surface area contributed by atoms with E-state index in [1.54, 1.807) is 7.05 Å². The quantitative estimate of drug-likeness (QED) is 0.701. The second kappa shape index (κ2) is 9.33. The normalized spacial score (nSPS) is 10.8. The summed E-state index contributed by atoms with van der Waals surface area (Å²) < 4.78 is 5.55. The first-order chi connectivity index (χ1) is 10.1. The van der Waals surface area contributed by atoms with Gasteiger partial charge in [0.1, 0.15) is 0 Å². The molecular formula is C14H28N6O. The number of likely N-dealkylation sites (N-methyl/N-ethyl adjacent to an activating group) is 1. The van der Waals surface area contributed by atoms with Crippen LogP contribution in [-0.4, -0.2) is 67.2 Å². The van der Waals surface area contributed by atoms with Gasteiger partial charge in [-0.1, -0.05) is 13.8 Å². The average Bonchev–Trinajstić information content (AvgIpc) is 2.48. The van der Waals surface area contributed by atoms with E-state index in [1.807, 2.05) is 0 Å². The van der Waals surface area contributed by atoms with E-state index in [4.69, 9.17) is 4.74 Å².